The number of rotatable bonds is 4. The van der Waals surface area contributed by atoms with Gasteiger partial charge in [-0.1, -0.05) is 18.2 Å². The molecule has 0 radical (unpaired) electrons. The van der Waals surface area contributed by atoms with Gasteiger partial charge in [0.05, 0.1) is 0 Å². The maximum atomic E-state index is 12.9. The van der Waals surface area contributed by atoms with Crippen molar-refractivity contribution in [2.75, 3.05) is 10.6 Å². The molecule has 3 rings (SSSR count). The molecule has 0 unspecified atom stereocenters. The van der Waals surface area contributed by atoms with Crippen LogP contribution < -0.4 is 10.6 Å². The van der Waals surface area contributed by atoms with Crippen LogP contribution in [0.1, 0.15) is 10.4 Å². The Bertz CT molecular complexity index is 784. The smallest absolute Gasteiger partial charge is 0.255 e. The Kier molecular flexibility index (Phi) is 4.34. The molecule has 0 aliphatic rings. The highest BCUT2D eigenvalue weighted by molar-refractivity contribution is 6.04. The summed E-state index contributed by atoms with van der Waals surface area (Å²) >= 11 is 0. The molecule has 0 saturated heterocycles. The minimum Gasteiger partial charge on any atom is -0.356 e. The van der Waals surface area contributed by atoms with Gasteiger partial charge in [-0.2, -0.15) is 0 Å². The molecule has 1 amide bonds. The number of carbonyl (C=O) groups excluding carboxylic acids is 1. The second-order valence-electron chi connectivity index (χ2n) is 5.03. The monoisotopic (exact) mass is 306 g/mol. The standard InChI is InChI=1S/C19H15FN2O/c20-15-6-8-16(9-7-15)21-17-10-12-18(13-11-17)22-19(23)14-4-2-1-3-5-14/h1-13,21H,(H,22,23). The van der Waals surface area contributed by atoms with Crippen LogP contribution in [0, 0.1) is 5.82 Å². The molecule has 114 valence electrons. The van der Waals surface area contributed by atoms with Crippen LogP contribution in [0.25, 0.3) is 0 Å². The highest BCUT2D eigenvalue weighted by Crippen LogP contribution is 2.19. The Morgan fingerprint density at radius 1 is 0.696 bits per heavy atom. The Morgan fingerprint density at radius 3 is 1.83 bits per heavy atom. The number of benzene rings is 3. The zero-order chi connectivity index (χ0) is 16.1. The predicted molar refractivity (Wildman–Crippen MR) is 90.5 cm³/mol. The number of nitrogens with one attached hydrogen (secondary N) is 2. The minimum atomic E-state index is -0.269. The first-order valence-corrected chi connectivity index (χ1v) is 7.20. The third-order valence-electron chi connectivity index (χ3n) is 3.31. The number of amides is 1. The van der Waals surface area contributed by atoms with Crippen molar-refractivity contribution in [1.82, 2.24) is 0 Å². The molecule has 0 spiro atoms. The SMILES string of the molecule is O=C(Nc1ccc(Nc2ccc(F)cc2)cc1)c1ccccc1. The van der Waals surface area contributed by atoms with E-state index in [2.05, 4.69) is 10.6 Å². The topological polar surface area (TPSA) is 41.1 Å². The fraction of sp³-hybridized carbons (Fsp3) is 0. The second-order valence-corrected chi connectivity index (χ2v) is 5.03. The van der Waals surface area contributed by atoms with Crippen LogP contribution in [0.4, 0.5) is 21.5 Å². The lowest BCUT2D eigenvalue weighted by Gasteiger charge is -2.09. The Labute approximate surface area is 133 Å². The molecule has 23 heavy (non-hydrogen) atoms. The van der Waals surface area contributed by atoms with E-state index < -0.39 is 0 Å². The zero-order valence-corrected chi connectivity index (χ0v) is 12.3. The molecule has 0 aliphatic carbocycles. The summed E-state index contributed by atoms with van der Waals surface area (Å²) in [5, 5.41) is 6.00. The van der Waals surface area contributed by atoms with Crippen LogP contribution >= 0.6 is 0 Å². The largest absolute Gasteiger partial charge is 0.356 e. The normalized spacial score (nSPS) is 10.1. The van der Waals surface area contributed by atoms with Crippen molar-refractivity contribution < 1.29 is 9.18 Å². The van der Waals surface area contributed by atoms with E-state index in [0.717, 1.165) is 11.4 Å². The molecule has 0 bridgehead atoms. The maximum absolute atomic E-state index is 12.9. The maximum Gasteiger partial charge on any atom is 0.255 e. The lowest BCUT2D eigenvalue weighted by atomic mass is 10.2. The minimum absolute atomic E-state index is 0.148. The summed E-state index contributed by atoms with van der Waals surface area (Å²) in [6.45, 7) is 0. The molecular formula is C19H15FN2O. The lowest BCUT2D eigenvalue weighted by molar-refractivity contribution is 0.102. The van der Waals surface area contributed by atoms with Crippen molar-refractivity contribution in [3.05, 3.63) is 90.2 Å². The van der Waals surface area contributed by atoms with Crippen molar-refractivity contribution in [3.63, 3.8) is 0 Å². The van der Waals surface area contributed by atoms with Gasteiger partial charge in [0.25, 0.3) is 5.91 Å². The van der Waals surface area contributed by atoms with Crippen LogP contribution in [0.15, 0.2) is 78.9 Å². The number of halogens is 1. The third-order valence-corrected chi connectivity index (χ3v) is 3.31. The quantitative estimate of drug-likeness (QED) is 0.725. The van der Waals surface area contributed by atoms with E-state index in [9.17, 15) is 9.18 Å². The van der Waals surface area contributed by atoms with E-state index in [1.54, 1.807) is 24.3 Å². The molecule has 0 saturated carbocycles. The van der Waals surface area contributed by atoms with Crippen molar-refractivity contribution in [3.8, 4) is 0 Å². The number of hydrogen-bond donors (Lipinski definition) is 2. The van der Waals surface area contributed by atoms with Gasteiger partial charge in [0.15, 0.2) is 0 Å². The van der Waals surface area contributed by atoms with Crippen molar-refractivity contribution in [2.24, 2.45) is 0 Å². The number of anilines is 3. The van der Waals surface area contributed by atoms with Crippen LogP contribution in [-0.2, 0) is 0 Å². The lowest BCUT2D eigenvalue weighted by Crippen LogP contribution is -2.11. The molecule has 0 aromatic heterocycles. The van der Waals surface area contributed by atoms with Crippen molar-refractivity contribution in [2.45, 2.75) is 0 Å². The predicted octanol–water partition coefficient (Wildman–Crippen LogP) is 4.82. The van der Waals surface area contributed by atoms with Crippen LogP contribution in [0.5, 0.6) is 0 Å². The van der Waals surface area contributed by atoms with E-state index in [4.69, 9.17) is 0 Å². The molecule has 0 aliphatic heterocycles. The highest BCUT2D eigenvalue weighted by Gasteiger charge is 2.04. The molecule has 2 N–H and O–H groups in total. The average Bonchev–Trinajstić information content (AvgIpc) is 2.59. The summed E-state index contributed by atoms with van der Waals surface area (Å²) in [6, 6.07) is 22.5. The molecule has 3 nitrogen and oxygen atoms in total. The average molecular weight is 306 g/mol. The molecule has 3 aromatic rings. The molecule has 0 fully saturated rings. The van der Waals surface area contributed by atoms with Gasteiger partial charge in [-0.05, 0) is 60.7 Å². The first kappa shape index (κ1) is 14.8. The summed E-state index contributed by atoms with van der Waals surface area (Å²) < 4.78 is 12.9. The van der Waals surface area contributed by atoms with Gasteiger partial charge in [0, 0.05) is 22.6 Å². The Hall–Kier alpha value is -3.14. The fourth-order valence-electron chi connectivity index (χ4n) is 2.13. The summed E-state index contributed by atoms with van der Waals surface area (Å²) in [7, 11) is 0. The fourth-order valence-corrected chi connectivity index (χ4v) is 2.13. The number of hydrogen-bond acceptors (Lipinski definition) is 2. The molecule has 3 aromatic carbocycles. The Morgan fingerprint density at radius 2 is 1.22 bits per heavy atom. The molecule has 0 heterocycles. The van der Waals surface area contributed by atoms with Crippen LogP contribution in [0.2, 0.25) is 0 Å². The van der Waals surface area contributed by atoms with E-state index in [1.165, 1.54) is 12.1 Å². The first-order valence-electron chi connectivity index (χ1n) is 7.20. The molecule has 4 heteroatoms. The van der Waals surface area contributed by atoms with Gasteiger partial charge in [0.1, 0.15) is 5.82 Å². The van der Waals surface area contributed by atoms with E-state index in [-0.39, 0.29) is 11.7 Å². The van der Waals surface area contributed by atoms with Gasteiger partial charge in [0.2, 0.25) is 0 Å². The van der Waals surface area contributed by atoms with Crippen LogP contribution in [0.3, 0.4) is 0 Å². The second kappa shape index (κ2) is 6.75. The van der Waals surface area contributed by atoms with Crippen LogP contribution in [-0.4, -0.2) is 5.91 Å². The van der Waals surface area contributed by atoms with E-state index in [1.807, 2.05) is 42.5 Å². The molecule has 0 atom stereocenters. The summed E-state index contributed by atoms with van der Waals surface area (Å²) in [5.74, 6) is -0.417. The summed E-state index contributed by atoms with van der Waals surface area (Å²) in [5.41, 5.74) is 2.98. The Balaban J connectivity index is 1.65. The van der Waals surface area contributed by atoms with Crippen molar-refractivity contribution in [1.29, 1.82) is 0 Å². The zero-order valence-electron chi connectivity index (χ0n) is 12.3. The van der Waals surface area contributed by atoms with Gasteiger partial charge < -0.3 is 10.6 Å². The van der Waals surface area contributed by atoms with Gasteiger partial charge in [-0.3, -0.25) is 4.79 Å². The molecular weight excluding hydrogens is 291 g/mol. The van der Waals surface area contributed by atoms with E-state index in [0.29, 0.717) is 11.3 Å². The van der Waals surface area contributed by atoms with Gasteiger partial charge in [-0.15, -0.1) is 0 Å². The third kappa shape index (κ3) is 3.95. The van der Waals surface area contributed by atoms with Crippen molar-refractivity contribution >= 4 is 23.0 Å². The summed E-state index contributed by atoms with van der Waals surface area (Å²) in [4.78, 5) is 12.1. The summed E-state index contributed by atoms with van der Waals surface area (Å²) in [6.07, 6.45) is 0. The van der Waals surface area contributed by atoms with Gasteiger partial charge in [-0.25, -0.2) is 4.39 Å². The first-order chi connectivity index (χ1) is 11.2. The number of carbonyl (C=O) groups is 1. The van der Waals surface area contributed by atoms with Gasteiger partial charge >= 0.3 is 0 Å². The highest BCUT2D eigenvalue weighted by atomic mass is 19.1. The van der Waals surface area contributed by atoms with E-state index >= 15 is 0 Å².